The van der Waals surface area contributed by atoms with Crippen molar-refractivity contribution in [3.05, 3.63) is 35.4 Å². The van der Waals surface area contributed by atoms with E-state index in [1.54, 1.807) is 19.1 Å². The van der Waals surface area contributed by atoms with Gasteiger partial charge in [-0.05, 0) is 70.4 Å². The molecule has 0 saturated heterocycles. The number of benzene rings is 1. The molecule has 1 aromatic carbocycles. The van der Waals surface area contributed by atoms with E-state index < -0.39 is 98.4 Å². The van der Waals surface area contributed by atoms with Gasteiger partial charge in [0, 0.05) is 65.7 Å². The van der Waals surface area contributed by atoms with Gasteiger partial charge in [0.2, 0.25) is 39.6 Å². The van der Waals surface area contributed by atoms with Crippen LogP contribution >= 0.6 is 0 Å². The second kappa shape index (κ2) is 57.6. The highest BCUT2D eigenvalue weighted by Gasteiger charge is 2.25. The maximum absolute atomic E-state index is 12.3. The highest BCUT2D eigenvalue weighted by molar-refractivity contribution is 7.90. The van der Waals surface area contributed by atoms with Gasteiger partial charge in [0.25, 0.3) is 16.0 Å². The zero-order valence-electron chi connectivity index (χ0n) is 55.3. The van der Waals surface area contributed by atoms with Gasteiger partial charge < -0.3 is 56.2 Å². The molecule has 0 aliphatic carbocycles. The van der Waals surface area contributed by atoms with E-state index in [-0.39, 0.29) is 108 Å². The largest absolute Gasteiger partial charge is 0.481 e. The van der Waals surface area contributed by atoms with Crippen molar-refractivity contribution < 1.29 is 110 Å². The minimum absolute atomic E-state index is 0.000124. The third-order valence-electron chi connectivity index (χ3n) is 13.7. The number of unbranched alkanes of at least 4 members (excludes halogenated alkanes) is 15. The number of methoxy groups -OCH3 is 1. The minimum Gasteiger partial charge on any atom is -0.481 e. The summed E-state index contributed by atoms with van der Waals surface area (Å²) in [6.45, 7) is 4.52. The number of rotatable bonds is 56. The van der Waals surface area contributed by atoms with Crippen LogP contribution in [0.2, 0.25) is 0 Å². The Morgan fingerprint density at radius 1 is 0.554 bits per heavy atom. The van der Waals surface area contributed by atoms with Crippen LogP contribution in [0.4, 0.5) is 4.53 Å². The van der Waals surface area contributed by atoms with E-state index in [2.05, 4.69) is 26.0 Å². The Morgan fingerprint density at radius 3 is 1.63 bits per heavy atom. The number of ether oxygens (including phenoxy) is 4. The number of aryl methyl sites for hydroxylation is 1. The molecule has 0 aliphatic heterocycles. The molecule has 28 nitrogen and oxygen atoms in total. The standard InChI is InChI=1S/C41H73N3O16S2.C19H29N3O5.CH4.FHO/c1-2-34(45)22-23-36(41(52)53)43-38(48)24-21-33(40(50)51)31-35(46)32-60-28-27-59-26-25-42-37(47)20-18-29-61(54,55)44-39(49)19-16-14-12-10-8-6-4-3-5-7-9-11-13-15-17-30-62(56,57)58;1-14-6-8-15(9-7-14)19(25)21-10-4-3-5-16(18(20)24)22-17(23)13-27-12-11-26-2;;1-2/h33,36H,2-32H2,1H3,(H,42,47)(H,43,48)(H,44,49)(H,50,51)(H,52,53)(H,56,57,58);6-9,16H,3-5,10-13H2,1-2H3,(H2,20,24)(H,21,25)(H,22,23);1H4;2H/i;;1T;. The van der Waals surface area contributed by atoms with Crippen molar-refractivity contribution in [1.82, 2.24) is 26.0 Å². The highest BCUT2D eigenvalue weighted by atomic mass is 32.2. The summed E-state index contributed by atoms with van der Waals surface area (Å²) in [6, 6.07) is 5.27. The summed E-state index contributed by atoms with van der Waals surface area (Å²) in [5.41, 5.74) is 7.03. The molecule has 0 spiro atoms. The third-order valence-corrected chi connectivity index (χ3v) is 15.9. The smallest absolute Gasteiger partial charge is 0.326 e. The molecule has 0 aliphatic rings. The Hall–Kier alpha value is -6.09. The lowest BCUT2D eigenvalue weighted by atomic mass is 9.97. The van der Waals surface area contributed by atoms with Crippen molar-refractivity contribution in [2.45, 2.75) is 207 Å². The lowest BCUT2D eigenvalue weighted by Crippen LogP contribution is -2.45. The number of aliphatic carboxylic acids is 2. The number of Topliss-reactive ketones (excluding diaryl/α,β-unsaturated/α-hetero) is 2. The van der Waals surface area contributed by atoms with Crippen LogP contribution in [0.15, 0.2) is 24.3 Å². The van der Waals surface area contributed by atoms with Crippen molar-refractivity contribution in [1.29, 1.82) is 0 Å². The first-order valence-corrected chi connectivity index (χ1v) is 34.4. The van der Waals surface area contributed by atoms with Gasteiger partial charge in [0.15, 0.2) is 5.78 Å². The van der Waals surface area contributed by atoms with Gasteiger partial charge in [-0.25, -0.2) is 18.5 Å². The van der Waals surface area contributed by atoms with Crippen LogP contribution in [0.1, 0.15) is 205 Å². The van der Waals surface area contributed by atoms with Gasteiger partial charge in [-0.1, -0.05) is 120 Å². The molecule has 11 N–H and O–H groups in total. The fraction of sp³-hybridized carbons (Fsp3) is 0.738. The van der Waals surface area contributed by atoms with E-state index >= 15 is 0 Å². The number of halogens is 1. The zero-order chi connectivity index (χ0) is 70.7. The summed E-state index contributed by atoms with van der Waals surface area (Å²) < 4.78 is 91.4. The number of primary amides is 1. The molecule has 1 aromatic rings. The fourth-order valence-corrected chi connectivity index (χ4v) is 10.2. The Balaban J connectivity index is -0.00000216. The minimum atomic E-state index is -3.87. The number of nitrogens with two attached hydrogens (primary N) is 1. The van der Waals surface area contributed by atoms with Gasteiger partial charge >= 0.3 is 11.9 Å². The van der Waals surface area contributed by atoms with Crippen LogP contribution in [0.25, 0.3) is 0 Å². The molecule has 0 radical (unpaired) electrons. The van der Waals surface area contributed by atoms with Crippen molar-refractivity contribution in [2.75, 3.05) is 78.0 Å². The number of carbonyl (C=O) groups excluding carboxylic acids is 8. The van der Waals surface area contributed by atoms with E-state index in [1.807, 2.05) is 19.1 Å². The number of nitrogens with one attached hydrogen (secondary N) is 5. The molecule has 0 heterocycles. The molecule has 31 heteroatoms. The lowest BCUT2D eigenvalue weighted by Gasteiger charge is -2.15. The number of carbonyl (C=O) groups is 10. The van der Waals surface area contributed by atoms with Crippen LogP contribution in [0.3, 0.4) is 0 Å². The summed E-state index contributed by atoms with van der Waals surface area (Å²) in [7, 11) is -4.93. The van der Waals surface area contributed by atoms with Crippen LogP contribution < -0.4 is 31.7 Å². The van der Waals surface area contributed by atoms with Gasteiger partial charge in [0.05, 0.1) is 50.5 Å². The Bertz CT molecular complexity index is 2480. The van der Waals surface area contributed by atoms with E-state index in [0.29, 0.717) is 57.4 Å². The molecule has 0 aromatic heterocycles. The number of amides is 6. The second-order valence-corrected chi connectivity index (χ2v) is 25.1. The molecule has 3 unspecified atom stereocenters. The predicted octanol–water partition coefficient (Wildman–Crippen LogP) is 5.29. The quantitative estimate of drug-likeness (QED) is 0.0292. The molecule has 1 rings (SSSR count). The first-order chi connectivity index (χ1) is 44.3. The molecule has 6 amide bonds. The number of hydrogen-bond donors (Lipinski definition) is 10. The molecule has 0 fully saturated rings. The molecule has 532 valence electrons. The van der Waals surface area contributed by atoms with Crippen LogP contribution in [0.5, 0.6) is 0 Å². The van der Waals surface area contributed by atoms with E-state index in [4.69, 9.17) is 40.4 Å². The number of hydrogen-bond acceptors (Lipinski definition) is 19. The van der Waals surface area contributed by atoms with Crippen molar-refractivity contribution in [3.8, 4) is 0 Å². The maximum atomic E-state index is 12.3. The Morgan fingerprint density at radius 2 is 1.09 bits per heavy atom. The zero-order valence-corrected chi connectivity index (χ0v) is 56.0. The van der Waals surface area contributed by atoms with E-state index in [0.717, 1.165) is 63.4 Å². The van der Waals surface area contributed by atoms with Gasteiger partial charge in [-0.15, -0.1) is 0 Å². The molecular weight excluding hydrogens is 1250 g/mol. The van der Waals surface area contributed by atoms with Crippen molar-refractivity contribution in [3.63, 3.8) is 0 Å². The van der Waals surface area contributed by atoms with Crippen LogP contribution in [0, 0.1) is 12.8 Å². The molecule has 0 bridgehead atoms. The van der Waals surface area contributed by atoms with E-state index in [9.17, 15) is 75.0 Å². The van der Waals surface area contributed by atoms with Gasteiger partial charge in [-0.2, -0.15) is 8.42 Å². The average molecular weight is 1360 g/mol. The third kappa shape index (κ3) is 55.5. The van der Waals surface area contributed by atoms with Crippen LogP contribution in [-0.2, 0) is 82.2 Å². The summed E-state index contributed by atoms with van der Waals surface area (Å²) in [5, 5.41) is 34.5. The van der Waals surface area contributed by atoms with Crippen molar-refractivity contribution in [2.24, 2.45) is 11.7 Å². The second-order valence-electron chi connectivity index (χ2n) is 21.7. The highest BCUT2D eigenvalue weighted by Crippen LogP contribution is 2.16. The molecule has 92 heavy (non-hydrogen) atoms. The Labute approximate surface area is 544 Å². The average Bonchev–Trinajstić information content (AvgIpc) is 2.22. The van der Waals surface area contributed by atoms with Crippen LogP contribution in [-0.4, -0.2) is 186 Å². The Kier molecular flexibility index (Phi) is 55.0. The lowest BCUT2D eigenvalue weighted by molar-refractivity contribution is -0.145. The van der Waals surface area contributed by atoms with Gasteiger partial charge in [-0.3, -0.25) is 52.4 Å². The number of carboxylic acid groups (broad SMARTS) is 2. The topological polar surface area (TPSA) is 443 Å². The summed E-state index contributed by atoms with van der Waals surface area (Å²) in [5.74, 6) is -7.81. The first-order valence-electron chi connectivity index (χ1n) is 32.1. The number of ketones is 2. The van der Waals surface area contributed by atoms with Gasteiger partial charge in [0.1, 0.15) is 31.1 Å². The first kappa shape index (κ1) is 88.0. The number of carboxylic acids is 2. The number of sulfonamides is 1. The predicted molar refractivity (Wildman–Crippen MR) is 341 cm³/mol. The monoisotopic (exact) mass is 1360 g/mol. The van der Waals surface area contributed by atoms with Crippen molar-refractivity contribution >= 4 is 79.1 Å². The molecule has 3 atom stereocenters. The summed E-state index contributed by atoms with van der Waals surface area (Å²) >= 11 is 0. The molecular formula is C61H107FN6O22S2. The maximum Gasteiger partial charge on any atom is 0.326 e. The molecule has 0 saturated carbocycles. The van der Waals surface area contributed by atoms with E-state index in [1.165, 1.54) is 40.2 Å². The summed E-state index contributed by atoms with van der Waals surface area (Å²) in [4.78, 5) is 118. The fourth-order valence-electron chi connectivity index (χ4n) is 8.59. The summed E-state index contributed by atoms with van der Waals surface area (Å²) in [6.07, 6.45) is 15.9. The SMILES string of the molecule is CCC(=O)CCC(NC(=O)CCC(CC(=O)COCCOCCNC(=O)CCCS(=O)(=O)NC(=O)CCCCCCCCCCCCCCCCCS(=O)(=O)O)C(=O)O)C(=O)O.COCCOCC(=O)NC(CCCCNC(=O)c1ccc(C)cc1)C(N)=O.OF.[3H]C. The normalized spacial score (nSPS) is 12.1.